The van der Waals surface area contributed by atoms with E-state index in [-0.39, 0.29) is 0 Å². The Balaban J connectivity index is 1.79. The lowest BCUT2D eigenvalue weighted by molar-refractivity contribution is 0.515. The van der Waals surface area contributed by atoms with E-state index in [1.807, 2.05) is 11.8 Å². The fraction of sp³-hybridized carbons (Fsp3) is 0.600. The number of halogens is 1. The molecule has 82 valence electrons. The molecular weight excluding hydrogens is 213 g/mol. The minimum absolute atomic E-state index is 0.533. The number of nitrogens with zero attached hydrogens (tertiary/aromatic N) is 2. The number of hydrogen-bond donors (Lipinski definition) is 1. The van der Waals surface area contributed by atoms with Crippen molar-refractivity contribution in [1.82, 2.24) is 9.97 Å². The van der Waals surface area contributed by atoms with Gasteiger partial charge in [0.1, 0.15) is 5.82 Å². The van der Waals surface area contributed by atoms with Crippen LogP contribution in [0.3, 0.4) is 0 Å². The summed E-state index contributed by atoms with van der Waals surface area (Å²) < 4.78 is 12.5. The molecule has 0 amide bonds. The van der Waals surface area contributed by atoms with E-state index in [1.54, 1.807) is 0 Å². The van der Waals surface area contributed by atoms with Crippen molar-refractivity contribution >= 4 is 17.6 Å². The number of anilines is 1. The Hall–Kier alpha value is -0.840. The molecule has 1 fully saturated rings. The molecule has 2 heterocycles. The van der Waals surface area contributed by atoms with Gasteiger partial charge in [0.25, 0.3) is 0 Å². The lowest BCUT2D eigenvalue weighted by atomic mass is 10.0. The first-order valence-corrected chi connectivity index (χ1v) is 6.29. The molecule has 1 N–H and O–H groups in total. The molecule has 0 radical (unpaired) electrons. The van der Waals surface area contributed by atoms with Crippen molar-refractivity contribution in [3.63, 3.8) is 0 Å². The highest BCUT2D eigenvalue weighted by Crippen LogP contribution is 2.22. The summed E-state index contributed by atoms with van der Waals surface area (Å²) in [4.78, 5) is 7.46. The fourth-order valence-corrected chi connectivity index (χ4v) is 2.81. The van der Waals surface area contributed by atoms with E-state index in [0.717, 1.165) is 18.7 Å². The molecular formula is C10H14FN3S. The van der Waals surface area contributed by atoms with Gasteiger partial charge in [0.15, 0.2) is 0 Å². The molecule has 5 heteroatoms. The zero-order valence-corrected chi connectivity index (χ0v) is 9.26. The first-order chi connectivity index (χ1) is 7.34. The summed E-state index contributed by atoms with van der Waals surface area (Å²) in [7, 11) is 0. The largest absolute Gasteiger partial charge is 0.369 e. The number of rotatable bonds is 3. The van der Waals surface area contributed by atoms with Crippen LogP contribution in [-0.4, -0.2) is 28.0 Å². The van der Waals surface area contributed by atoms with Crippen LogP contribution >= 0.6 is 11.8 Å². The molecule has 0 spiro atoms. The van der Waals surface area contributed by atoms with Crippen LogP contribution in [0.5, 0.6) is 0 Å². The third-order valence-electron chi connectivity index (χ3n) is 2.53. The molecule has 0 bridgehead atoms. The summed E-state index contributed by atoms with van der Waals surface area (Å²) in [6, 6.07) is 0. The van der Waals surface area contributed by atoms with Gasteiger partial charge in [-0.1, -0.05) is 0 Å². The van der Waals surface area contributed by atoms with Gasteiger partial charge in [-0.25, -0.2) is 9.97 Å². The van der Waals surface area contributed by atoms with Crippen molar-refractivity contribution in [1.29, 1.82) is 0 Å². The zero-order valence-electron chi connectivity index (χ0n) is 8.45. The number of aromatic nitrogens is 2. The summed E-state index contributed by atoms with van der Waals surface area (Å²) in [6.45, 7) is 0.918. The summed E-state index contributed by atoms with van der Waals surface area (Å²) in [5.74, 6) is 3.35. The normalized spacial score (nSPS) is 17.7. The predicted octanol–water partition coefficient (Wildman–Crippen LogP) is 2.17. The Morgan fingerprint density at radius 2 is 2.13 bits per heavy atom. The van der Waals surface area contributed by atoms with E-state index in [4.69, 9.17) is 0 Å². The molecule has 15 heavy (non-hydrogen) atoms. The Bertz CT molecular complexity index is 298. The van der Waals surface area contributed by atoms with Gasteiger partial charge in [0.05, 0.1) is 12.4 Å². The number of thioether (sulfide) groups is 1. The van der Waals surface area contributed by atoms with Crippen molar-refractivity contribution in [3.8, 4) is 0 Å². The molecule has 2 rings (SSSR count). The second-order valence-corrected chi connectivity index (χ2v) is 4.89. The standard InChI is InChI=1S/C10H14FN3S/c11-9-6-14-10(7-12-9)13-5-8-1-3-15-4-2-8/h6-8H,1-5H2,(H,13,14). The van der Waals surface area contributed by atoms with E-state index in [2.05, 4.69) is 15.3 Å². The molecule has 0 aliphatic carbocycles. The van der Waals surface area contributed by atoms with Gasteiger partial charge in [-0.3, -0.25) is 0 Å². The van der Waals surface area contributed by atoms with Crippen LogP contribution in [0, 0.1) is 11.9 Å². The van der Waals surface area contributed by atoms with Crippen molar-refractivity contribution in [2.75, 3.05) is 23.4 Å². The molecule has 0 unspecified atom stereocenters. The third-order valence-corrected chi connectivity index (χ3v) is 3.58. The molecule has 1 saturated heterocycles. The summed E-state index contributed by atoms with van der Waals surface area (Å²) in [5, 5.41) is 3.19. The van der Waals surface area contributed by atoms with Gasteiger partial charge >= 0.3 is 0 Å². The minimum atomic E-state index is -0.533. The van der Waals surface area contributed by atoms with Crippen molar-refractivity contribution in [2.24, 2.45) is 5.92 Å². The maximum atomic E-state index is 12.5. The molecule has 1 aliphatic rings. The van der Waals surface area contributed by atoms with Crippen LogP contribution in [0.25, 0.3) is 0 Å². The lowest BCUT2D eigenvalue weighted by Gasteiger charge is -2.21. The highest BCUT2D eigenvalue weighted by molar-refractivity contribution is 7.99. The predicted molar refractivity (Wildman–Crippen MR) is 60.5 cm³/mol. The second kappa shape index (κ2) is 5.30. The molecule has 0 atom stereocenters. The number of hydrogen-bond acceptors (Lipinski definition) is 4. The van der Waals surface area contributed by atoms with Gasteiger partial charge < -0.3 is 5.32 Å². The SMILES string of the molecule is Fc1cnc(NCC2CCSCC2)cn1. The van der Waals surface area contributed by atoms with Gasteiger partial charge in [-0.05, 0) is 30.3 Å². The highest BCUT2D eigenvalue weighted by atomic mass is 32.2. The van der Waals surface area contributed by atoms with E-state index in [1.165, 1.54) is 30.5 Å². The minimum Gasteiger partial charge on any atom is -0.369 e. The summed E-state index contributed by atoms with van der Waals surface area (Å²) in [5.41, 5.74) is 0. The maximum absolute atomic E-state index is 12.5. The van der Waals surface area contributed by atoms with Crippen LogP contribution in [0.4, 0.5) is 10.2 Å². The van der Waals surface area contributed by atoms with E-state index < -0.39 is 5.95 Å². The van der Waals surface area contributed by atoms with Crippen LogP contribution in [-0.2, 0) is 0 Å². The van der Waals surface area contributed by atoms with Crippen LogP contribution in [0.2, 0.25) is 0 Å². The van der Waals surface area contributed by atoms with Gasteiger partial charge in [0, 0.05) is 6.54 Å². The Labute approximate surface area is 92.9 Å². The lowest BCUT2D eigenvalue weighted by Crippen LogP contribution is -2.19. The van der Waals surface area contributed by atoms with E-state index >= 15 is 0 Å². The van der Waals surface area contributed by atoms with Crippen molar-refractivity contribution in [3.05, 3.63) is 18.3 Å². The third kappa shape index (κ3) is 3.34. The molecule has 0 saturated carbocycles. The highest BCUT2D eigenvalue weighted by Gasteiger charge is 2.13. The summed E-state index contributed by atoms with van der Waals surface area (Å²) >= 11 is 2.02. The van der Waals surface area contributed by atoms with Gasteiger partial charge in [0.2, 0.25) is 5.95 Å². The topological polar surface area (TPSA) is 37.8 Å². The quantitative estimate of drug-likeness (QED) is 0.858. The smallest absolute Gasteiger partial charge is 0.231 e. The van der Waals surface area contributed by atoms with Gasteiger partial charge in [-0.15, -0.1) is 0 Å². The van der Waals surface area contributed by atoms with Crippen LogP contribution in [0.1, 0.15) is 12.8 Å². The Morgan fingerprint density at radius 3 is 2.80 bits per heavy atom. The van der Waals surface area contributed by atoms with E-state index in [0.29, 0.717) is 5.82 Å². The number of nitrogens with one attached hydrogen (secondary N) is 1. The first kappa shape index (κ1) is 10.7. The summed E-state index contributed by atoms with van der Waals surface area (Å²) in [6.07, 6.45) is 5.09. The molecule has 1 aliphatic heterocycles. The average molecular weight is 227 g/mol. The maximum Gasteiger partial charge on any atom is 0.231 e. The van der Waals surface area contributed by atoms with Gasteiger partial charge in [-0.2, -0.15) is 16.2 Å². The molecule has 1 aromatic heterocycles. The molecule has 3 nitrogen and oxygen atoms in total. The fourth-order valence-electron chi connectivity index (χ4n) is 1.60. The monoisotopic (exact) mass is 227 g/mol. The van der Waals surface area contributed by atoms with Crippen LogP contribution in [0.15, 0.2) is 12.4 Å². The Morgan fingerprint density at radius 1 is 1.33 bits per heavy atom. The van der Waals surface area contributed by atoms with Crippen molar-refractivity contribution < 1.29 is 4.39 Å². The second-order valence-electron chi connectivity index (χ2n) is 3.66. The van der Waals surface area contributed by atoms with Crippen molar-refractivity contribution in [2.45, 2.75) is 12.8 Å². The van der Waals surface area contributed by atoms with E-state index in [9.17, 15) is 4.39 Å². The molecule has 1 aromatic rings. The average Bonchev–Trinajstić information content (AvgIpc) is 2.30. The molecule has 0 aromatic carbocycles. The first-order valence-electron chi connectivity index (χ1n) is 5.14. The zero-order chi connectivity index (χ0) is 10.5. The van der Waals surface area contributed by atoms with Crippen LogP contribution < -0.4 is 5.32 Å². The Kier molecular flexibility index (Phi) is 3.77.